The number of rotatable bonds is 6. The first kappa shape index (κ1) is 27.1. The summed E-state index contributed by atoms with van der Waals surface area (Å²) in [7, 11) is 5.61. The monoisotopic (exact) mass is 475 g/mol. The maximum Gasteiger partial charge on any atom is 0.255 e. The summed E-state index contributed by atoms with van der Waals surface area (Å²) in [5.74, 6) is -1.06. The van der Waals surface area contributed by atoms with Gasteiger partial charge in [-0.3, -0.25) is 19.2 Å². The Hall–Kier alpha value is -3.14. The van der Waals surface area contributed by atoms with Crippen LogP contribution < -0.4 is 20.7 Å². The highest BCUT2D eigenvalue weighted by molar-refractivity contribution is 5.99. The van der Waals surface area contributed by atoms with E-state index in [1.807, 2.05) is 14.1 Å². The van der Waals surface area contributed by atoms with Crippen molar-refractivity contribution in [2.75, 3.05) is 47.4 Å². The molecule has 0 saturated carbocycles. The number of unbranched alkanes of at least 4 members (excludes halogenated alkanes) is 1. The van der Waals surface area contributed by atoms with Crippen LogP contribution in [-0.2, 0) is 14.4 Å². The highest BCUT2D eigenvalue weighted by Gasteiger charge is 2.26. The second-order valence-corrected chi connectivity index (χ2v) is 8.76. The highest BCUT2D eigenvalue weighted by Crippen LogP contribution is 2.18. The molecule has 4 amide bonds. The minimum absolute atomic E-state index is 0.0154. The van der Waals surface area contributed by atoms with Gasteiger partial charge in [0.15, 0.2) is 0 Å². The molecule has 0 bridgehead atoms. The van der Waals surface area contributed by atoms with Crippen molar-refractivity contribution in [1.82, 2.24) is 25.8 Å². The largest absolute Gasteiger partial charge is 0.491 e. The number of ether oxygens (including phenoxy) is 1. The number of amides is 4. The number of carbonyl (C=O) groups is 4. The Bertz CT molecular complexity index is 860. The van der Waals surface area contributed by atoms with Crippen LogP contribution in [0.2, 0.25) is 0 Å². The molecular weight excluding hydrogens is 438 g/mol. The predicted octanol–water partition coefficient (Wildman–Crippen LogP) is 0.379. The third kappa shape index (κ3) is 8.66. The molecule has 1 aromatic carbocycles. The van der Waals surface area contributed by atoms with Gasteiger partial charge in [-0.15, -0.1) is 0 Å². The molecule has 0 aliphatic carbocycles. The molecule has 188 valence electrons. The fraction of sp³-hybridized carbons (Fsp3) is 0.583. The van der Waals surface area contributed by atoms with Gasteiger partial charge in [-0.05, 0) is 59.0 Å². The molecule has 2 rings (SSSR count). The van der Waals surface area contributed by atoms with Crippen molar-refractivity contribution in [2.45, 2.75) is 44.7 Å². The number of likely N-dealkylation sites (N-methyl/N-ethyl adjacent to an activating group) is 1. The molecule has 0 unspecified atom stereocenters. The fourth-order valence-electron chi connectivity index (χ4n) is 3.56. The zero-order valence-corrected chi connectivity index (χ0v) is 20.6. The molecule has 0 radical (unpaired) electrons. The zero-order valence-electron chi connectivity index (χ0n) is 20.6. The van der Waals surface area contributed by atoms with Crippen LogP contribution in [-0.4, -0.2) is 92.9 Å². The second kappa shape index (κ2) is 13.5. The molecule has 1 aliphatic rings. The lowest BCUT2D eigenvalue weighted by atomic mass is 10.1. The molecule has 0 spiro atoms. The summed E-state index contributed by atoms with van der Waals surface area (Å²) in [6, 6.07) is 5.12. The lowest BCUT2D eigenvalue weighted by molar-refractivity contribution is -0.135. The molecule has 10 heteroatoms. The lowest BCUT2D eigenvalue weighted by Crippen LogP contribution is -2.48. The van der Waals surface area contributed by atoms with E-state index in [-0.39, 0.29) is 49.3 Å². The molecule has 1 aliphatic heterocycles. The van der Waals surface area contributed by atoms with Crippen molar-refractivity contribution in [2.24, 2.45) is 0 Å². The van der Waals surface area contributed by atoms with E-state index in [0.717, 1.165) is 19.4 Å². The Balaban J connectivity index is 2.16. The van der Waals surface area contributed by atoms with E-state index in [4.69, 9.17) is 4.74 Å². The van der Waals surface area contributed by atoms with Crippen LogP contribution in [0, 0.1) is 0 Å². The minimum atomic E-state index is -0.904. The summed E-state index contributed by atoms with van der Waals surface area (Å²) in [4.78, 5) is 54.4. The van der Waals surface area contributed by atoms with E-state index in [0.29, 0.717) is 12.3 Å². The van der Waals surface area contributed by atoms with Crippen LogP contribution in [0.15, 0.2) is 24.3 Å². The van der Waals surface area contributed by atoms with Gasteiger partial charge < -0.3 is 30.5 Å². The summed E-state index contributed by atoms with van der Waals surface area (Å²) in [5.41, 5.74) is 0.285. The number of nitrogens with zero attached hydrogens (tertiary/aromatic N) is 2. The Morgan fingerprint density at radius 2 is 1.91 bits per heavy atom. The van der Waals surface area contributed by atoms with Crippen molar-refractivity contribution in [3.05, 3.63) is 29.8 Å². The zero-order chi connectivity index (χ0) is 25.1. The van der Waals surface area contributed by atoms with Crippen LogP contribution in [0.3, 0.4) is 0 Å². The van der Waals surface area contributed by atoms with Crippen molar-refractivity contribution >= 4 is 23.6 Å². The van der Waals surface area contributed by atoms with Crippen molar-refractivity contribution in [3.63, 3.8) is 0 Å². The SMILES string of the molecule is C[C@@H]1NC(=O)CC[C@@H](C(=O)NCCCCN(C)C)NC(=O)c2ccccc2OCCN(C)C1=O. The third-order valence-corrected chi connectivity index (χ3v) is 5.55. The number of benzene rings is 1. The molecule has 2 atom stereocenters. The fourth-order valence-corrected chi connectivity index (χ4v) is 3.56. The van der Waals surface area contributed by atoms with Gasteiger partial charge >= 0.3 is 0 Å². The predicted molar refractivity (Wildman–Crippen MR) is 128 cm³/mol. The Labute approximate surface area is 201 Å². The topological polar surface area (TPSA) is 120 Å². The highest BCUT2D eigenvalue weighted by atomic mass is 16.5. The van der Waals surface area contributed by atoms with Crippen LogP contribution in [0.1, 0.15) is 43.0 Å². The number of hydrogen-bond acceptors (Lipinski definition) is 6. The molecule has 0 saturated heterocycles. The van der Waals surface area contributed by atoms with Crippen LogP contribution in [0.4, 0.5) is 0 Å². The van der Waals surface area contributed by atoms with Crippen molar-refractivity contribution in [1.29, 1.82) is 0 Å². The molecule has 1 heterocycles. The van der Waals surface area contributed by atoms with Gasteiger partial charge in [-0.1, -0.05) is 12.1 Å². The van der Waals surface area contributed by atoms with Gasteiger partial charge in [-0.2, -0.15) is 0 Å². The average molecular weight is 476 g/mol. The normalized spacial score (nSPS) is 20.4. The minimum Gasteiger partial charge on any atom is -0.491 e. The van der Waals surface area contributed by atoms with Gasteiger partial charge in [-0.25, -0.2) is 0 Å². The molecule has 10 nitrogen and oxygen atoms in total. The quantitative estimate of drug-likeness (QED) is 0.512. The van der Waals surface area contributed by atoms with Gasteiger partial charge in [0.25, 0.3) is 5.91 Å². The molecule has 0 aromatic heterocycles. The number of para-hydroxylation sites is 1. The number of nitrogens with one attached hydrogen (secondary N) is 3. The van der Waals surface area contributed by atoms with Crippen molar-refractivity contribution < 1.29 is 23.9 Å². The van der Waals surface area contributed by atoms with Crippen LogP contribution >= 0.6 is 0 Å². The Morgan fingerprint density at radius 1 is 1.18 bits per heavy atom. The summed E-state index contributed by atoms with van der Waals surface area (Å²) >= 11 is 0. The van der Waals surface area contributed by atoms with Crippen molar-refractivity contribution in [3.8, 4) is 5.75 Å². The van der Waals surface area contributed by atoms with E-state index in [1.54, 1.807) is 38.2 Å². The number of carbonyl (C=O) groups excluding carboxylic acids is 4. The summed E-state index contributed by atoms with van der Waals surface area (Å²) in [6.45, 7) is 3.46. The standard InChI is InChI=1S/C24H37N5O5/c1-17-24(33)29(4)15-16-34-20-10-6-5-9-18(20)22(31)27-19(11-12-21(30)26-17)23(32)25-13-7-8-14-28(2)3/h5-6,9-10,17,19H,7-8,11-16H2,1-4H3,(H,25,32)(H,26,30)(H,27,31)/t17-,19-/m0/s1. The molecule has 34 heavy (non-hydrogen) atoms. The third-order valence-electron chi connectivity index (χ3n) is 5.55. The first-order chi connectivity index (χ1) is 16.2. The number of fused-ring (bicyclic) bond motifs is 1. The smallest absolute Gasteiger partial charge is 0.255 e. The number of hydrogen-bond donors (Lipinski definition) is 3. The van der Waals surface area contributed by atoms with Gasteiger partial charge in [0.05, 0.1) is 12.1 Å². The average Bonchev–Trinajstić information content (AvgIpc) is 2.80. The molecule has 1 aromatic rings. The van der Waals surface area contributed by atoms with Crippen LogP contribution in [0.25, 0.3) is 0 Å². The molecule has 0 fully saturated rings. The first-order valence-corrected chi connectivity index (χ1v) is 11.7. The maximum absolute atomic E-state index is 13.0. The van der Waals surface area contributed by atoms with E-state index in [2.05, 4.69) is 20.9 Å². The first-order valence-electron chi connectivity index (χ1n) is 11.7. The maximum atomic E-state index is 13.0. The van der Waals surface area contributed by atoms with E-state index < -0.39 is 18.0 Å². The van der Waals surface area contributed by atoms with Gasteiger partial charge in [0.1, 0.15) is 24.4 Å². The Morgan fingerprint density at radius 3 is 2.65 bits per heavy atom. The summed E-state index contributed by atoms with van der Waals surface area (Å²) < 4.78 is 5.77. The van der Waals surface area contributed by atoms with E-state index in [9.17, 15) is 19.2 Å². The lowest BCUT2D eigenvalue weighted by Gasteiger charge is -2.22. The Kier molecular flexibility index (Phi) is 10.8. The van der Waals surface area contributed by atoms with E-state index >= 15 is 0 Å². The molecular formula is C24H37N5O5. The van der Waals surface area contributed by atoms with Gasteiger partial charge in [0, 0.05) is 20.0 Å². The summed E-state index contributed by atoms with van der Waals surface area (Å²) in [6.07, 6.45) is 1.81. The molecule has 3 N–H and O–H groups in total. The summed E-state index contributed by atoms with van der Waals surface area (Å²) in [5, 5.41) is 8.28. The van der Waals surface area contributed by atoms with Crippen LogP contribution in [0.5, 0.6) is 5.75 Å². The second-order valence-electron chi connectivity index (χ2n) is 8.76. The van der Waals surface area contributed by atoms with Gasteiger partial charge in [0.2, 0.25) is 17.7 Å². The van der Waals surface area contributed by atoms with E-state index in [1.165, 1.54) is 4.90 Å².